The maximum Gasteiger partial charge on any atom is 0.145 e. The second kappa shape index (κ2) is 2.62. The number of fused-ring (bicyclic) bond motifs is 1. The van der Waals surface area contributed by atoms with Gasteiger partial charge in [0.2, 0.25) is 0 Å². The van der Waals surface area contributed by atoms with Gasteiger partial charge in [-0.1, -0.05) is 6.92 Å². The van der Waals surface area contributed by atoms with Crippen molar-refractivity contribution in [2.75, 3.05) is 13.6 Å². The zero-order valence-corrected chi connectivity index (χ0v) is 7.59. The third kappa shape index (κ3) is 1.63. The summed E-state index contributed by atoms with van der Waals surface area (Å²) < 4.78 is 2.39. The molecule has 0 saturated heterocycles. The molecule has 1 saturated carbocycles. The lowest BCUT2D eigenvalue weighted by Gasteiger charge is -2.09. The predicted octanol–water partition coefficient (Wildman–Crippen LogP) is 1.77. The minimum atomic E-state index is 0.924. The highest BCUT2D eigenvalue weighted by atomic mass is 15.0. The molecule has 0 aromatic heterocycles. The van der Waals surface area contributed by atoms with Gasteiger partial charge < -0.3 is 0 Å². The standard InChI is InChI=1S/C10H18N/c1-8-3-4-11(2)7-10-6-9(10)5-8/h4,8-10H,3,5-7H2,1-2H3/q+1. The second-order valence-corrected chi connectivity index (χ2v) is 4.45. The highest BCUT2D eigenvalue weighted by Gasteiger charge is 2.41. The Hall–Kier alpha value is -0.330. The van der Waals surface area contributed by atoms with Gasteiger partial charge in [0.25, 0.3) is 0 Å². The van der Waals surface area contributed by atoms with Crippen LogP contribution in [0.3, 0.4) is 0 Å². The van der Waals surface area contributed by atoms with Crippen LogP contribution in [0.15, 0.2) is 0 Å². The molecule has 0 radical (unpaired) electrons. The lowest BCUT2D eigenvalue weighted by Crippen LogP contribution is -2.16. The third-order valence-electron chi connectivity index (χ3n) is 3.12. The van der Waals surface area contributed by atoms with Gasteiger partial charge in [-0.05, 0) is 24.7 Å². The molecule has 3 atom stereocenters. The SMILES string of the molecule is CC1CC=[N+](C)CC2CC2C1. The van der Waals surface area contributed by atoms with E-state index in [4.69, 9.17) is 0 Å². The van der Waals surface area contributed by atoms with Crippen molar-refractivity contribution in [3.05, 3.63) is 0 Å². The Morgan fingerprint density at radius 3 is 2.91 bits per heavy atom. The topological polar surface area (TPSA) is 3.01 Å². The molecule has 2 rings (SSSR count). The van der Waals surface area contributed by atoms with Gasteiger partial charge in [-0.3, -0.25) is 0 Å². The summed E-state index contributed by atoms with van der Waals surface area (Å²) in [6, 6.07) is 0. The van der Waals surface area contributed by atoms with Gasteiger partial charge in [0.1, 0.15) is 19.8 Å². The van der Waals surface area contributed by atoms with Crippen LogP contribution in [-0.4, -0.2) is 24.4 Å². The Balaban J connectivity index is 2.03. The van der Waals surface area contributed by atoms with Crippen molar-refractivity contribution in [2.24, 2.45) is 17.8 Å². The second-order valence-electron chi connectivity index (χ2n) is 4.45. The van der Waals surface area contributed by atoms with E-state index in [1.54, 1.807) is 0 Å². The highest BCUT2D eigenvalue weighted by Crippen LogP contribution is 2.44. The molecular formula is C10H18N+. The Labute approximate surface area is 69.1 Å². The van der Waals surface area contributed by atoms with Crippen LogP contribution < -0.4 is 0 Å². The molecule has 0 aromatic carbocycles. The summed E-state index contributed by atoms with van der Waals surface area (Å²) >= 11 is 0. The van der Waals surface area contributed by atoms with Crippen molar-refractivity contribution in [1.82, 2.24) is 0 Å². The maximum atomic E-state index is 2.39. The van der Waals surface area contributed by atoms with E-state index < -0.39 is 0 Å². The van der Waals surface area contributed by atoms with Crippen LogP contribution in [0.1, 0.15) is 26.2 Å². The fourth-order valence-electron chi connectivity index (χ4n) is 2.24. The summed E-state index contributed by atoms with van der Waals surface area (Å²) in [6.07, 6.45) is 6.65. The molecule has 62 valence electrons. The van der Waals surface area contributed by atoms with Gasteiger partial charge in [0.05, 0.1) is 0 Å². The molecule has 0 bridgehead atoms. The first-order valence-corrected chi connectivity index (χ1v) is 4.79. The van der Waals surface area contributed by atoms with Crippen LogP contribution in [0.4, 0.5) is 0 Å². The number of hydrogen-bond acceptors (Lipinski definition) is 0. The largest absolute Gasteiger partial charge is 0.242 e. The summed E-state index contributed by atoms with van der Waals surface area (Å²) in [4.78, 5) is 0. The molecule has 0 N–H and O–H groups in total. The van der Waals surface area contributed by atoms with Crippen molar-refractivity contribution >= 4 is 6.21 Å². The van der Waals surface area contributed by atoms with Gasteiger partial charge >= 0.3 is 0 Å². The van der Waals surface area contributed by atoms with Crippen molar-refractivity contribution < 1.29 is 4.58 Å². The molecule has 2 aliphatic rings. The van der Waals surface area contributed by atoms with Gasteiger partial charge in [-0.25, -0.2) is 4.58 Å². The van der Waals surface area contributed by atoms with Crippen molar-refractivity contribution in [3.8, 4) is 0 Å². The van der Waals surface area contributed by atoms with Gasteiger partial charge in [-0.15, -0.1) is 0 Å². The quantitative estimate of drug-likeness (QED) is 0.465. The number of nitrogens with zero attached hydrogens (tertiary/aromatic N) is 1. The smallest absolute Gasteiger partial charge is 0.145 e. The Kier molecular flexibility index (Phi) is 1.74. The van der Waals surface area contributed by atoms with Gasteiger partial charge in [0, 0.05) is 12.3 Å². The van der Waals surface area contributed by atoms with Crippen LogP contribution >= 0.6 is 0 Å². The van der Waals surface area contributed by atoms with Gasteiger partial charge in [-0.2, -0.15) is 0 Å². The average Bonchev–Trinajstić information content (AvgIpc) is 2.60. The van der Waals surface area contributed by atoms with Crippen LogP contribution in [0.2, 0.25) is 0 Å². The first kappa shape index (κ1) is 7.33. The van der Waals surface area contributed by atoms with Crippen molar-refractivity contribution in [1.29, 1.82) is 0 Å². The molecule has 0 aromatic rings. The normalized spacial score (nSPS) is 43.5. The highest BCUT2D eigenvalue weighted by molar-refractivity contribution is 5.51. The maximum absolute atomic E-state index is 2.39. The molecule has 1 aliphatic heterocycles. The fourth-order valence-corrected chi connectivity index (χ4v) is 2.24. The molecule has 3 unspecified atom stereocenters. The molecule has 0 spiro atoms. The van der Waals surface area contributed by atoms with Gasteiger partial charge in [0.15, 0.2) is 0 Å². The zero-order chi connectivity index (χ0) is 7.84. The zero-order valence-electron chi connectivity index (χ0n) is 7.59. The summed E-state index contributed by atoms with van der Waals surface area (Å²) in [7, 11) is 2.22. The monoisotopic (exact) mass is 152 g/mol. The third-order valence-corrected chi connectivity index (χ3v) is 3.12. The lowest BCUT2D eigenvalue weighted by atomic mass is 9.99. The molecule has 1 nitrogen and oxygen atoms in total. The number of rotatable bonds is 0. The van der Waals surface area contributed by atoms with E-state index in [9.17, 15) is 0 Å². The molecule has 1 fully saturated rings. The van der Waals surface area contributed by atoms with Crippen LogP contribution in [0, 0.1) is 17.8 Å². The fraction of sp³-hybridized carbons (Fsp3) is 0.900. The lowest BCUT2D eigenvalue weighted by molar-refractivity contribution is -0.498. The summed E-state index contributed by atoms with van der Waals surface area (Å²) in [5, 5.41) is 0. The molecular weight excluding hydrogens is 134 g/mol. The van der Waals surface area contributed by atoms with E-state index in [0.29, 0.717) is 0 Å². The van der Waals surface area contributed by atoms with E-state index in [0.717, 1.165) is 17.8 Å². The molecule has 11 heavy (non-hydrogen) atoms. The van der Waals surface area contributed by atoms with Crippen molar-refractivity contribution in [2.45, 2.75) is 26.2 Å². The Morgan fingerprint density at radius 1 is 1.27 bits per heavy atom. The first-order chi connectivity index (χ1) is 5.25. The van der Waals surface area contributed by atoms with E-state index in [-0.39, 0.29) is 0 Å². The Bertz CT molecular complexity index is 183. The molecule has 0 amide bonds. The summed E-state index contributed by atoms with van der Waals surface area (Å²) in [6.45, 7) is 3.70. The van der Waals surface area contributed by atoms with Crippen LogP contribution in [0.5, 0.6) is 0 Å². The molecule has 1 aliphatic carbocycles. The van der Waals surface area contributed by atoms with E-state index >= 15 is 0 Å². The Morgan fingerprint density at radius 2 is 2.09 bits per heavy atom. The average molecular weight is 152 g/mol. The molecule has 1 heteroatoms. The minimum Gasteiger partial charge on any atom is -0.242 e. The minimum absolute atomic E-state index is 0.924. The number of hydrogen-bond donors (Lipinski definition) is 0. The first-order valence-electron chi connectivity index (χ1n) is 4.79. The van der Waals surface area contributed by atoms with E-state index in [2.05, 4.69) is 24.8 Å². The summed E-state index contributed by atoms with van der Waals surface area (Å²) in [5.41, 5.74) is 0. The summed E-state index contributed by atoms with van der Waals surface area (Å²) in [5.74, 6) is 3.05. The van der Waals surface area contributed by atoms with Crippen LogP contribution in [0.25, 0.3) is 0 Å². The van der Waals surface area contributed by atoms with E-state index in [1.807, 2.05) is 0 Å². The van der Waals surface area contributed by atoms with E-state index in [1.165, 1.54) is 25.8 Å². The molecule has 1 heterocycles. The van der Waals surface area contributed by atoms with Crippen molar-refractivity contribution in [3.63, 3.8) is 0 Å². The predicted molar refractivity (Wildman–Crippen MR) is 47.1 cm³/mol. The van der Waals surface area contributed by atoms with Crippen LogP contribution in [-0.2, 0) is 0 Å².